The molecule has 1 heterocycles. The van der Waals surface area contributed by atoms with Crippen LogP contribution in [0.3, 0.4) is 0 Å². The average Bonchev–Trinajstić information content (AvgIpc) is 3.05. The summed E-state index contributed by atoms with van der Waals surface area (Å²) in [6, 6.07) is 12.9. The molecule has 30 heavy (non-hydrogen) atoms. The number of carbonyl (C=O) groups is 1. The predicted octanol–water partition coefficient (Wildman–Crippen LogP) is 3.24. The Kier molecular flexibility index (Phi) is 5.23. The van der Waals surface area contributed by atoms with Crippen LogP contribution in [0.25, 0.3) is 10.8 Å². The third-order valence-corrected chi connectivity index (χ3v) is 6.18. The van der Waals surface area contributed by atoms with Crippen LogP contribution < -0.4 is 19.5 Å². The first-order chi connectivity index (χ1) is 14.4. The van der Waals surface area contributed by atoms with Crippen molar-refractivity contribution in [2.45, 2.75) is 4.90 Å². The second kappa shape index (κ2) is 7.85. The molecule has 0 atom stereocenters. The summed E-state index contributed by atoms with van der Waals surface area (Å²) in [5.41, 5.74) is 1.38. The molecular weight excluding hydrogens is 408 g/mol. The lowest BCUT2D eigenvalue weighted by molar-refractivity contribution is 0.103. The topological polar surface area (TPSA) is 103 Å². The Morgan fingerprint density at radius 1 is 1.00 bits per heavy atom. The maximum atomic E-state index is 13.2. The molecule has 1 amide bonds. The van der Waals surface area contributed by atoms with E-state index in [0.29, 0.717) is 52.4 Å². The van der Waals surface area contributed by atoms with E-state index < -0.39 is 10.0 Å². The lowest BCUT2D eigenvalue weighted by Crippen LogP contribution is -2.14. The number of amides is 1. The highest BCUT2D eigenvalue weighted by Crippen LogP contribution is 2.37. The summed E-state index contributed by atoms with van der Waals surface area (Å²) in [6.07, 6.45) is 0. The zero-order chi connectivity index (χ0) is 21.3. The van der Waals surface area contributed by atoms with Gasteiger partial charge in [0.05, 0.1) is 24.3 Å². The first kappa shape index (κ1) is 20.0. The van der Waals surface area contributed by atoms with Gasteiger partial charge in [-0.2, -0.15) is 0 Å². The number of nitrogens with one attached hydrogen (secondary N) is 2. The fraction of sp³-hybridized carbons (Fsp3) is 0.190. The average molecular weight is 428 g/mol. The second-order valence-corrected chi connectivity index (χ2v) is 8.26. The van der Waals surface area contributed by atoms with Gasteiger partial charge in [-0.05, 0) is 30.3 Å². The van der Waals surface area contributed by atoms with E-state index in [2.05, 4.69) is 10.0 Å². The fourth-order valence-corrected chi connectivity index (χ4v) is 4.65. The van der Waals surface area contributed by atoms with E-state index in [1.807, 2.05) is 0 Å². The largest absolute Gasteiger partial charge is 0.493 e. The van der Waals surface area contributed by atoms with Gasteiger partial charge in [-0.25, -0.2) is 8.42 Å². The summed E-state index contributed by atoms with van der Waals surface area (Å²) in [7, 11) is -0.869. The Balaban J connectivity index is 1.70. The molecule has 0 bridgehead atoms. The summed E-state index contributed by atoms with van der Waals surface area (Å²) >= 11 is 0. The van der Waals surface area contributed by atoms with Gasteiger partial charge in [0.2, 0.25) is 0 Å². The van der Waals surface area contributed by atoms with Crippen molar-refractivity contribution in [3.63, 3.8) is 0 Å². The third kappa shape index (κ3) is 3.53. The van der Waals surface area contributed by atoms with Gasteiger partial charge in [-0.3, -0.25) is 9.52 Å². The molecule has 0 saturated heterocycles. The normalized spacial score (nSPS) is 12.7. The van der Waals surface area contributed by atoms with Gasteiger partial charge in [0.25, 0.3) is 15.9 Å². The van der Waals surface area contributed by atoms with Gasteiger partial charge in [-0.1, -0.05) is 12.1 Å². The van der Waals surface area contributed by atoms with Crippen molar-refractivity contribution in [2.24, 2.45) is 0 Å². The van der Waals surface area contributed by atoms with Crippen LogP contribution >= 0.6 is 0 Å². The first-order valence-electron chi connectivity index (χ1n) is 9.14. The van der Waals surface area contributed by atoms with Crippen LogP contribution in [0.2, 0.25) is 0 Å². The summed E-state index contributed by atoms with van der Waals surface area (Å²) in [6.45, 7) is 0.672. The van der Waals surface area contributed by atoms with Crippen LogP contribution in [0.15, 0.2) is 53.4 Å². The molecule has 0 spiro atoms. The van der Waals surface area contributed by atoms with Gasteiger partial charge in [0, 0.05) is 35.2 Å². The molecule has 8 nitrogen and oxygen atoms in total. The van der Waals surface area contributed by atoms with Crippen molar-refractivity contribution in [3.05, 3.63) is 54.1 Å². The SMILES string of the molecule is COCCOc1cc(NS(=O)(=O)c2ccc3c4c(cccc24)C(=O)N3)ccc1OC. The minimum absolute atomic E-state index is 0.0808. The summed E-state index contributed by atoms with van der Waals surface area (Å²) in [4.78, 5) is 12.2. The Morgan fingerprint density at radius 2 is 1.83 bits per heavy atom. The van der Waals surface area contributed by atoms with Crippen LogP contribution in [0.5, 0.6) is 11.5 Å². The highest BCUT2D eigenvalue weighted by molar-refractivity contribution is 7.93. The van der Waals surface area contributed by atoms with Crippen LogP contribution in [0, 0.1) is 0 Å². The molecule has 3 aromatic carbocycles. The quantitative estimate of drug-likeness (QED) is 0.534. The van der Waals surface area contributed by atoms with Gasteiger partial charge in [0.15, 0.2) is 11.5 Å². The molecular formula is C21H20N2O6S. The molecule has 2 N–H and O–H groups in total. The predicted molar refractivity (Wildman–Crippen MR) is 113 cm³/mol. The second-order valence-electron chi connectivity index (χ2n) is 6.61. The molecule has 3 aromatic rings. The van der Waals surface area contributed by atoms with E-state index in [0.717, 1.165) is 0 Å². The van der Waals surface area contributed by atoms with E-state index in [1.54, 1.807) is 49.6 Å². The summed E-state index contributed by atoms with van der Waals surface area (Å²) in [5, 5.41) is 3.82. The molecule has 0 saturated carbocycles. The number of rotatable bonds is 8. The number of sulfonamides is 1. The van der Waals surface area contributed by atoms with Crippen molar-refractivity contribution in [2.75, 3.05) is 37.5 Å². The number of methoxy groups -OCH3 is 2. The van der Waals surface area contributed by atoms with Crippen LogP contribution in [-0.2, 0) is 14.8 Å². The van der Waals surface area contributed by atoms with E-state index in [4.69, 9.17) is 14.2 Å². The molecule has 0 aromatic heterocycles. The number of ether oxygens (including phenoxy) is 3. The standard InChI is InChI=1S/C21H20N2O6S/c1-27-10-11-29-18-12-13(6-8-17(18)28-2)23-30(25,26)19-9-7-16-20-14(19)4-3-5-15(20)21(24)22-16/h3-9,12,23H,10-11H2,1-2H3,(H,22,24). The van der Waals surface area contributed by atoms with Crippen molar-refractivity contribution in [3.8, 4) is 11.5 Å². The molecule has 1 aliphatic heterocycles. The number of hydrogen-bond acceptors (Lipinski definition) is 6. The summed E-state index contributed by atoms with van der Waals surface area (Å²) in [5.74, 6) is 0.625. The minimum atomic E-state index is -3.93. The van der Waals surface area contributed by atoms with Crippen molar-refractivity contribution in [1.29, 1.82) is 0 Å². The molecule has 0 fully saturated rings. The molecule has 0 aliphatic carbocycles. The van der Waals surface area contributed by atoms with Gasteiger partial charge in [0.1, 0.15) is 6.61 Å². The monoisotopic (exact) mass is 428 g/mol. The Labute approximate surface area is 173 Å². The third-order valence-electron chi connectivity index (χ3n) is 4.74. The van der Waals surface area contributed by atoms with E-state index in [1.165, 1.54) is 13.2 Å². The molecule has 156 valence electrons. The van der Waals surface area contributed by atoms with Crippen LogP contribution in [-0.4, -0.2) is 41.8 Å². The maximum Gasteiger partial charge on any atom is 0.262 e. The van der Waals surface area contributed by atoms with Crippen molar-refractivity contribution < 1.29 is 27.4 Å². The fourth-order valence-electron chi connectivity index (χ4n) is 3.40. The van der Waals surface area contributed by atoms with Crippen LogP contribution in [0.4, 0.5) is 11.4 Å². The lowest BCUT2D eigenvalue weighted by atomic mass is 10.1. The number of hydrogen-bond donors (Lipinski definition) is 2. The lowest BCUT2D eigenvalue weighted by Gasteiger charge is -2.14. The molecule has 0 radical (unpaired) electrons. The zero-order valence-corrected chi connectivity index (χ0v) is 17.2. The number of carbonyl (C=O) groups excluding carboxylic acids is 1. The Bertz CT molecular complexity index is 1240. The Hall–Kier alpha value is -3.30. The van der Waals surface area contributed by atoms with Crippen molar-refractivity contribution >= 4 is 38.1 Å². The van der Waals surface area contributed by atoms with Gasteiger partial charge < -0.3 is 19.5 Å². The van der Waals surface area contributed by atoms with Gasteiger partial charge in [-0.15, -0.1) is 0 Å². The highest BCUT2D eigenvalue weighted by Gasteiger charge is 2.26. The molecule has 1 aliphatic rings. The van der Waals surface area contributed by atoms with E-state index >= 15 is 0 Å². The smallest absolute Gasteiger partial charge is 0.262 e. The molecule has 4 rings (SSSR count). The molecule has 9 heteroatoms. The molecule has 0 unspecified atom stereocenters. The first-order valence-corrected chi connectivity index (χ1v) is 10.6. The Morgan fingerprint density at radius 3 is 2.60 bits per heavy atom. The zero-order valence-electron chi connectivity index (χ0n) is 16.4. The number of anilines is 2. The van der Waals surface area contributed by atoms with Crippen molar-refractivity contribution in [1.82, 2.24) is 0 Å². The summed E-state index contributed by atoms with van der Waals surface area (Å²) < 4.78 is 44.8. The van der Waals surface area contributed by atoms with Crippen LogP contribution in [0.1, 0.15) is 10.4 Å². The highest BCUT2D eigenvalue weighted by atomic mass is 32.2. The maximum absolute atomic E-state index is 13.2. The van der Waals surface area contributed by atoms with Gasteiger partial charge >= 0.3 is 0 Å². The van der Waals surface area contributed by atoms with E-state index in [9.17, 15) is 13.2 Å². The minimum Gasteiger partial charge on any atom is -0.493 e. The number of benzene rings is 3. The van der Waals surface area contributed by atoms with E-state index in [-0.39, 0.29) is 10.8 Å².